The number of thioether (sulfide) groups is 1. The van der Waals surface area contributed by atoms with Crippen LogP contribution in [0.5, 0.6) is 0 Å². The van der Waals surface area contributed by atoms with Crippen molar-refractivity contribution in [2.75, 3.05) is 26.2 Å². The Morgan fingerprint density at radius 2 is 1.92 bits per heavy atom. The van der Waals surface area contributed by atoms with Gasteiger partial charge < -0.3 is 9.05 Å². The Labute approximate surface area is 88.1 Å². The largest absolute Gasteiger partial charge is 0.325 e. The van der Waals surface area contributed by atoms with Gasteiger partial charge in [0.1, 0.15) is 0 Å². The topological polar surface area (TPSA) is 18.5 Å². The minimum Gasteiger partial charge on any atom is -0.325 e. The van der Waals surface area contributed by atoms with Crippen molar-refractivity contribution in [2.45, 2.75) is 12.2 Å². The lowest BCUT2D eigenvalue weighted by atomic mass is 10.6. The van der Waals surface area contributed by atoms with Gasteiger partial charge in [-0.1, -0.05) is 18.3 Å². The maximum absolute atomic E-state index is 5.19. The molecule has 0 heterocycles. The van der Waals surface area contributed by atoms with E-state index in [0.717, 1.165) is 5.75 Å². The van der Waals surface area contributed by atoms with Crippen molar-refractivity contribution in [1.82, 2.24) is 0 Å². The first-order valence-corrected chi connectivity index (χ1v) is 8.98. The highest BCUT2D eigenvalue weighted by Gasteiger charge is 2.17. The Hall–Kier alpha value is 1.27. The molecule has 1 atom stereocenters. The number of hydrogen-bond acceptors (Lipinski definition) is 5. The van der Waals surface area contributed by atoms with Crippen LogP contribution in [0.15, 0.2) is 0 Å². The summed E-state index contributed by atoms with van der Waals surface area (Å²) in [6, 6.07) is 0. The fourth-order valence-electron chi connectivity index (χ4n) is 0.444. The molecule has 0 aromatic carbocycles. The highest BCUT2D eigenvalue weighted by molar-refractivity contribution is 8.68. The van der Waals surface area contributed by atoms with E-state index in [0.29, 0.717) is 5.25 Å². The van der Waals surface area contributed by atoms with Crippen LogP contribution < -0.4 is 0 Å². The van der Waals surface area contributed by atoms with Crippen LogP contribution in [0.3, 0.4) is 0 Å². The van der Waals surface area contributed by atoms with E-state index in [9.17, 15) is 0 Å². The smallest absolute Gasteiger partial charge is 0.246 e. The first-order chi connectivity index (χ1) is 5.58. The highest BCUT2D eigenvalue weighted by atomic mass is 32.9. The second-order valence-electron chi connectivity index (χ2n) is 2.15. The maximum Gasteiger partial charge on any atom is 0.246 e. The average molecular weight is 246 g/mol. The third-order valence-corrected chi connectivity index (χ3v) is 8.49. The lowest BCUT2D eigenvalue weighted by molar-refractivity contribution is 0.354. The molecule has 74 valence electrons. The van der Waals surface area contributed by atoms with Crippen molar-refractivity contribution < 1.29 is 9.05 Å². The third kappa shape index (κ3) is 5.10. The molecule has 0 N–H and O–H groups in total. The predicted octanol–water partition coefficient (Wildman–Crippen LogP) is 2.99. The second kappa shape index (κ2) is 6.68. The molecule has 0 radical (unpaired) electrons. The Balaban J connectivity index is 3.81. The summed E-state index contributed by atoms with van der Waals surface area (Å²) in [7, 11) is 3.22. The molecule has 0 aromatic rings. The van der Waals surface area contributed by atoms with Gasteiger partial charge in [-0.25, -0.2) is 0 Å². The first-order valence-electron chi connectivity index (χ1n) is 3.47. The van der Waals surface area contributed by atoms with Crippen LogP contribution in [0.2, 0.25) is 0 Å². The summed E-state index contributed by atoms with van der Waals surface area (Å²) >= 11 is 8.63. The maximum atomic E-state index is 5.19. The summed E-state index contributed by atoms with van der Waals surface area (Å²) in [6.45, 7) is 2.17. The zero-order valence-electron chi connectivity index (χ0n) is 7.77. The van der Waals surface area contributed by atoms with Gasteiger partial charge in [0.05, 0.1) is 0 Å². The fraction of sp³-hybridized carbons (Fsp3) is 1.00. The lowest BCUT2D eigenvalue weighted by Crippen LogP contribution is -1.98. The normalized spacial score (nSPS) is 14.7. The quantitative estimate of drug-likeness (QED) is 0.669. The number of hydrogen-bond donors (Lipinski definition) is 0. The van der Waals surface area contributed by atoms with E-state index < -0.39 is 5.69 Å². The van der Waals surface area contributed by atoms with Crippen molar-refractivity contribution in [2.24, 2.45) is 0 Å². The molecule has 6 heteroatoms. The van der Waals surface area contributed by atoms with Crippen LogP contribution in [0.4, 0.5) is 0 Å². The van der Waals surface area contributed by atoms with Crippen LogP contribution in [0.25, 0.3) is 0 Å². The van der Waals surface area contributed by atoms with Gasteiger partial charge in [0.25, 0.3) is 0 Å². The van der Waals surface area contributed by atoms with Crippen molar-refractivity contribution in [3.05, 3.63) is 0 Å². The standard InChI is InChI=1S/C6H15O2PS3/c1-6(11-4)5-12-9(10,7-2)8-3/h6H,5H2,1-4H3. The van der Waals surface area contributed by atoms with E-state index in [1.165, 1.54) is 0 Å². The van der Waals surface area contributed by atoms with E-state index in [2.05, 4.69) is 13.2 Å². The SMILES string of the molecule is COP(=S)(OC)SCC(C)SC. The molecule has 0 aliphatic heterocycles. The Bertz CT molecular complexity index is 157. The highest BCUT2D eigenvalue weighted by Crippen LogP contribution is 2.60. The van der Waals surface area contributed by atoms with Crippen LogP contribution in [0.1, 0.15) is 6.92 Å². The van der Waals surface area contributed by atoms with Crippen LogP contribution in [-0.4, -0.2) is 31.5 Å². The van der Waals surface area contributed by atoms with Crippen LogP contribution >= 0.6 is 28.8 Å². The minimum atomic E-state index is -2.01. The Morgan fingerprint density at radius 1 is 1.42 bits per heavy atom. The van der Waals surface area contributed by atoms with Gasteiger partial charge >= 0.3 is 0 Å². The molecule has 0 amide bonds. The average Bonchev–Trinajstić information content (AvgIpc) is 2.13. The summed E-state index contributed by atoms with van der Waals surface area (Å²) in [5, 5.41) is 0.600. The van der Waals surface area contributed by atoms with Crippen LogP contribution in [0, 0.1) is 0 Å². The zero-order chi connectivity index (χ0) is 9.61. The molecule has 1 unspecified atom stereocenters. The van der Waals surface area contributed by atoms with E-state index in [-0.39, 0.29) is 0 Å². The van der Waals surface area contributed by atoms with Gasteiger partial charge in [0.15, 0.2) is 0 Å². The molecular weight excluding hydrogens is 231 g/mol. The number of rotatable bonds is 6. The molecule has 12 heavy (non-hydrogen) atoms. The lowest BCUT2D eigenvalue weighted by Gasteiger charge is -2.18. The second-order valence-corrected chi connectivity index (χ2v) is 10.00. The molecule has 0 bridgehead atoms. The van der Waals surface area contributed by atoms with E-state index in [4.69, 9.17) is 20.9 Å². The molecule has 0 saturated heterocycles. The molecule has 0 rings (SSSR count). The molecule has 2 nitrogen and oxygen atoms in total. The van der Waals surface area contributed by atoms with Gasteiger partial charge in [0, 0.05) is 25.2 Å². The molecular formula is C6H15O2PS3. The predicted molar refractivity (Wildman–Crippen MR) is 63.7 cm³/mol. The van der Waals surface area contributed by atoms with Crippen molar-refractivity contribution in [1.29, 1.82) is 0 Å². The molecule has 0 aliphatic carbocycles. The minimum absolute atomic E-state index is 0.600. The summed E-state index contributed by atoms with van der Waals surface area (Å²) in [6.07, 6.45) is 2.09. The van der Waals surface area contributed by atoms with E-state index >= 15 is 0 Å². The van der Waals surface area contributed by atoms with Gasteiger partial charge in [-0.05, 0) is 18.1 Å². The fourth-order valence-corrected chi connectivity index (χ4v) is 4.65. The molecule has 0 fully saturated rings. The van der Waals surface area contributed by atoms with Gasteiger partial charge in [0.2, 0.25) is 5.69 Å². The van der Waals surface area contributed by atoms with Gasteiger partial charge in [-0.15, -0.1) is 0 Å². The van der Waals surface area contributed by atoms with E-state index in [1.807, 2.05) is 11.8 Å². The van der Waals surface area contributed by atoms with Crippen molar-refractivity contribution >= 4 is 40.6 Å². The van der Waals surface area contributed by atoms with E-state index in [1.54, 1.807) is 25.6 Å². The van der Waals surface area contributed by atoms with Crippen LogP contribution in [-0.2, 0) is 20.9 Å². The summed E-state index contributed by atoms with van der Waals surface area (Å²) in [4.78, 5) is 0. The Morgan fingerprint density at radius 3 is 2.25 bits per heavy atom. The molecule has 0 aromatic heterocycles. The monoisotopic (exact) mass is 246 g/mol. The molecule has 0 aliphatic rings. The third-order valence-electron chi connectivity index (χ3n) is 1.32. The summed E-state index contributed by atoms with van der Waals surface area (Å²) in [5.41, 5.74) is -2.01. The first kappa shape index (κ1) is 13.3. The Kier molecular flexibility index (Phi) is 7.39. The van der Waals surface area contributed by atoms with Crippen molar-refractivity contribution in [3.63, 3.8) is 0 Å². The zero-order valence-corrected chi connectivity index (χ0v) is 11.1. The molecule has 0 spiro atoms. The molecule has 0 saturated carbocycles. The van der Waals surface area contributed by atoms with Gasteiger partial charge in [-0.3, -0.25) is 0 Å². The van der Waals surface area contributed by atoms with Crippen molar-refractivity contribution in [3.8, 4) is 0 Å². The van der Waals surface area contributed by atoms with Gasteiger partial charge in [-0.2, -0.15) is 11.8 Å². The summed E-state index contributed by atoms with van der Waals surface area (Å²) < 4.78 is 10.3. The summed E-state index contributed by atoms with van der Waals surface area (Å²) in [5.74, 6) is 0.986.